The number of benzene rings is 3. The summed E-state index contributed by atoms with van der Waals surface area (Å²) in [4.78, 5) is 0. The molecule has 1 atom stereocenters. The summed E-state index contributed by atoms with van der Waals surface area (Å²) in [5, 5.41) is 0. The summed E-state index contributed by atoms with van der Waals surface area (Å²) in [5.74, 6) is 0. The van der Waals surface area contributed by atoms with Gasteiger partial charge in [-0.05, 0) is 47.8 Å². The van der Waals surface area contributed by atoms with Gasteiger partial charge in [0.25, 0.3) is 0 Å². The Hall–Kier alpha value is -1.91. The molecule has 0 heterocycles. The van der Waals surface area contributed by atoms with Crippen molar-refractivity contribution in [2.24, 2.45) is 0 Å². The van der Waals surface area contributed by atoms with Gasteiger partial charge in [-0.15, -0.1) is 9.24 Å². The van der Waals surface area contributed by atoms with Gasteiger partial charge >= 0.3 is 0 Å². The van der Waals surface area contributed by atoms with Crippen LogP contribution in [0.3, 0.4) is 0 Å². The van der Waals surface area contributed by atoms with Crippen molar-refractivity contribution in [3.05, 3.63) is 83.4 Å². The number of hydrogen-bond donors (Lipinski definition) is 0. The summed E-state index contributed by atoms with van der Waals surface area (Å²) < 4.78 is 0. The van der Waals surface area contributed by atoms with Gasteiger partial charge in [-0.25, -0.2) is 0 Å². The van der Waals surface area contributed by atoms with Gasteiger partial charge in [-0.3, -0.25) is 0 Å². The zero-order valence-corrected chi connectivity index (χ0v) is 14.3. The standard InChI is InChI=1S/C21H21P/c1-15-3-7-17(8-4-15)19-11-12-21(20(13-19)14-22)18-9-5-16(2)6-10-18/h3-13H,14,22H2,1-2H3. The van der Waals surface area contributed by atoms with Crippen LogP contribution >= 0.6 is 9.24 Å². The molecule has 0 aliphatic rings. The van der Waals surface area contributed by atoms with Crippen molar-refractivity contribution in [3.63, 3.8) is 0 Å². The molecule has 3 aromatic carbocycles. The number of hydrogen-bond acceptors (Lipinski definition) is 0. The molecule has 0 saturated heterocycles. The Kier molecular flexibility index (Phi) is 4.41. The first-order valence-corrected chi connectivity index (χ1v) is 8.46. The van der Waals surface area contributed by atoms with E-state index in [0.717, 1.165) is 6.16 Å². The summed E-state index contributed by atoms with van der Waals surface area (Å²) in [7, 11) is 2.85. The van der Waals surface area contributed by atoms with Crippen LogP contribution in [-0.4, -0.2) is 0 Å². The predicted octanol–water partition coefficient (Wildman–Crippen LogP) is 6.01. The Balaban J connectivity index is 2.04. The molecule has 0 saturated carbocycles. The summed E-state index contributed by atoms with van der Waals surface area (Å²) in [6.07, 6.45) is 0.961. The van der Waals surface area contributed by atoms with Crippen LogP contribution in [0.1, 0.15) is 16.7 Å². The average molecular weight is 304 g/mol. The van der Waals surface area contributed by atoms with E-state index in [1.54, 1.807) is 0 Å². The van der Waals surface area contributed by atoms with Crippen LogP contribution in [0.2, 0.25) is 0 Å². The smallest absolute Gasteiger partial charge is 0.0122 e. The van der Waals surface area contributed by atoms with Crippen molar-refractivity contribution in [3.8, 4) is 22.3 Å². The molecule has 0 nitrogen and oxygen atoms in total. The molecule has 1 unspecified atom stereocenters. The number of aryl methyl sites for hydroxylation is 2. The molecule has 3 rings (SSSR count). The first kappa shape index (κ1) is 15.0. The minimum absolute atomic E-state index is 0.961. The monoisotopic (exact) mass is 304 g/mol. The van der Waals surface area contributed by atoms with Gasteiger partial charge in [0, 0.05) is 0 Å². The van der Waals surface area contributed by atoms with Crippen LogP contribution in [0.4, 0.5) is 0 Å². The molecule has 110 valence electrons. The predicted molar refractivity (Wildman–Crippen MR) is 100 cm³/mol. The minimum Gasteiger partial charge on any atom is -0.133 e. The van der Waals surface area contributed by atoms with E-state index < -0.39 is 0 Å². The van der Waals surface area contributed by atoms with Crippen molar-refractivity contribution in [2.75, 3.05) is 0 Å². The maximum atomic E-state index is 2.85. The van der Waals surface area contributed by atoms with Gasteiger partial charge in [0.2, 0.25) is 0 Å². The van der Waals surface area contributed by atoms with E-state index in [1.165, 1.54) is 38.9 Å². The Labute approximate surface area is 135 Å². The molecule has 0 aliphatic heterocycles. The van der Waals surface area contributed by atoms with E-state index >= 15 is 0 Å². The van der Waals surface area contributed by atoms with Crippen LogP contribution in [0.15, 0.2) is 66.7 Å². The Morgan fingerprint density at radius 2 is 1.14 bits per heavy atom. The van der Waals surface area contributed by atoms with E-state index in [2.05, 4.69) is 89.8 Å². The van der Waals surface area contributed by atoms with Crippen LogP contribution in [0, 0.1) is 13.8 Å². The van der Waals surface area contributed by atoms with Crippen molar-refractivity contribution in [2.45, 2.75) is 20.0 Å². The summed E-state index contributed by atoms with van der Waals surface area (Å²) >= 11 is 0. The molecule has 0 bridgehead atoms. The summed E-state index contributed by atoms with van der Waals surface area (Å²) in [6, 6.07) is 24.3. The molecule has 0 spiro atoms. The molecule has 22 heavy (non-hydrogen) atoms. The Bertz CT molecular complexity index is 768. The molecule has 0 N–H and O–H groups in total. The summed E-state index contributed by atoms with van der Waals surface area (Å²) in [6.45, 7) is 4.25. The van der Waals surface area contributed by atoms with Crippen LogP contribution in [-0.2, 0) is 6.16 Å². The third-order valence-corrected chi connectivity index (χ3v) is 4.51. The van der Waals surface area contributed by atoms with Gasteiger partial charge in [0.05, 0.1) is 0 Å². The molecule has 0 fully saturated rings. The Morgan fingerprint density at radius 1 is 0.636 bits per heavy atom. The highest BCUT2D eigenvalue weighted by Gasteiger charge is 2.06. The zero-order chi connectivity index (χ0) is 15.5. The maximum Gasteiger partial charge on any atom is -0.0122 e. The fraction of sp³-hybridized carbons (Fsp3) is 0.143. The highest BCUT2D eigenvalue weighted by Crippen LogP contribution is 2.30. The van der Waals surface area contributed by atoms with Crippen molar-refractivity contribution >= 4 is 9.24 Å². The first-order valence-electron chi connectivity index (χ1n) is 7.64. The Morgan fingerprint density at radius 3 is 1.68 bits per heavy atom. The fourth-order valence-corrected chi connectivity index (χ4v) is 3.04. The van der Waals surface area contributed by atoms with Gasteiger partial charge in [0.15, 0.2) is 0 Å². The topological polar surface area (TPSA) is 0 Å². The van der Waals surface area contributed by atoms with E-state index in [0.29, 0.717) is 0 Å². The van der Waals surface area contributed by atoms with Crippen LogP contribution in [0.5, 0.6) is 0 Å². The second-order valence-corrected chi connectivity index (χ2v) is 6.22. The lowest BCUT2D eigenvalue weighted by Crippen LogP contribution is -1.89. The lowest BCUT2D eigenvalue weighted by molar-refractivity contribution is 1.39. The van der Waals surface area contributed by atoms with Gasteiger partial charge in [-0.2, -0.15) is 0 Å². The van der Waals surface area contributed by atoms with Crippen LogP contribution in [0.25, 0.3) is 22.3 Å². The molecule has 3 aromatic rings. The largest absolute Gasteiger partial charge is 0.133 e. The minimum atomic E-state index is 0.961. The van der Waals surface area contributed by atoms with Gasteiger partial charge in [-0.1, -0.05) is 77.9 Å². The summed E-state index contributed by atoms with van der Waals surface area (Å²) in [5.41, 5.74) is 9.14. The second kappa shape index (κ2) is 6.46. The second-order valence-electron chi connectivity index (χ2n) is 5.81. The van der Waals surface area contributed by atoms with E-state index in [4.69, 9.17) is 0 Å². The van der Waals surface area contributed by atoms with Gasteiger partial charge < -0.3 is 0 Å². The molecule has 0 radical (unpaired) electrons. The van der Waals surface area contributed by atoms with Crippen molar-refractivity contribution < 1.29 is 0 Å². The average Bonchev–Trinajstić information content (AvgIpc) is 2.56. The van der Waals surface area contributed by atoms with Gasteiger partial charge in [0.1, 0.15) is 0 Å². The molecule has 1 heteroatoms. The highest BCUT2D eigenvalue weighted by molar-refractivity contribution is 7.15. The quantitative estimate of drug-likeness (QED) is 0.520. The highest BCUT2D eigenvalue weighted by atomic mass is 31.0. The molecular weight excluding hydrogens is 283 g/mol. The van der Waals surface area contributed by atoms with E-state index in [1.807, 2.05) is 0 Å². The molecular formula is C21H21P. The first-order chi connectivity index (χ1) is 10.7. The van der Waals surface area contributed by atoms with Crippen molar-refractivity contribution in [1.29, 1.82) is 0 Å². The lowest BCUT2D eigenvalue weighted by Gasteiger charge is -2.11. The maximum absolute atomic E-state index is 2.85. The third kappa shape index (κ3) is 3.13. The van der Waals surface area contributed by atoms with Crippen LogP contribution < -0.4 is 0 Å². The van der Waals surface area contributed by atoms with E-state index in [-0.39, 0.29) is 0 Å². The molecule has 0 aliphatic carbocycles. The molecule has 0 aromatic heterocycles. The molecule has 0 amide bonds. The lowest BCUT2D eigenvalue weighted by atomic mass is 9.95. The normalized spacial score (nSPS) is 10.7. The SMILES string of the molecule is Cc1ccc(-c2ccc(-c3ccc(C)cc3)c(CP)c2)cc1. The third-order valence-electron chi connectivity index (χ3n) is 4.07. The number of rotatable bonds is 3. The zero-order valence-electron chi connectivity index (χ0n) is 13.1. The fourth-order valence-electron chi connectivity index (χ4n) is 2.70. The van der Waals surface area contributed by atoms with E-state index in [9.17, 15) is 0 Å². The van der Waals surface area contributed by atoms with Crippen molar-refractivity contribution in [1.82, 2.24) is 0 Å².